The maximum Gasteiger partial charge on any atom is 0.342 e. The third kappa shape index (κ3) is 2.09. The fourth-order valence-electron chi connectivity index (χ4n) is 0.167. The van der Waals surface area contributed by atoms with Crippen molar-refractivity contribution >= 4 is 21.3 Å². The van der Waals surface area contributed by atoms with E-state index in [0.29, 0.717) is 0 Å². The van der Waals surface area contributed by atoms with Crippen LogP contribution in [0.4, 0.5) is 9.59 Å². The first-order valence-corrected chi connectivity index (χ1v) is 3.08. The van der Waals surface area contributed by atoms with Crippen LogP contribution in [-0.2, 0) is 10.8 Å². The zero-order chi connectivity index (χ0) is 8.15. The minimum atomic E-state index is -2.61. The van der Waals surface area contributed by atoms with Crippen molar-refractivity contribution in [2.45, 2.75) is 0 Å². The van der Waals surface area contributed by atoms with Gasteiger partial charge in [0.05, 0.1) is 0 Å². The predicted molar refractivity (Wildman–Crippen MR) is 28.8 cm³/mol. The molecule has 0 rings (SSSR count). The molecule has 0 saturated carbocycles. The molecule has 0 aromatic heterocycles. The van der Waals surface area contributed by atoms with Gasteiger partial charge in [-0.3, -0.25) is 20.0 Å². The van der Waals surface area contributed by atoms with E-state index < -0.39 is 21.3 Å². The lowest BCUT2D eigenvalue weighted by Gasteiger charge is -1.94. The molecule has 0 saturated heterocycles. The molecule has 8 heteroatoms. The van der Waals surface area contributed by atoms with E-state index in [1.807, 2.05) is 0 Å². The highest BCUT2D eigenvalue weighted by Gasteiger charge is 2.18. The van der Waals surface area contributed by atoms with Crippen molar-refractivity contribution in [3.63, 3.8) is 0 Å². The molecule has 2 amide bonds. The second-order valence-electron chi connectivity index (χ2n) is 1.07. The summed E-state index contributed by atoms with van der Waals surface area (Å²) in [6.07, 6.45) is 0. The summed E-state index contributed by atoms with van der Waals surface area (Å²) in [6, 6.07) is 0. The lowest BCUT2D eigenvalue weighted by atomic mass is 11.4. The maximum absolute atomic E-state index is 10.3. The number of hydroxylamine groups is 2. The Balaban J connectivity index is 4.09. The van der Waals surface area contributed by atoms with Crippen LogP contribution < -0.4 is 11.0 Å². The third-order valence-corrected chi connectivity index (χ3v) is 1.38. The molecule has 7 nitrogen and oxygen atoms in total. The van der Waals surface area contributed by atoms with Gasteiger partial charge >= 0.3 is 10.5 Å². The Labute approximate surface area is 57.4 Å². The molecule has 0 aromatic carbocycles. The van der Waals surface area contributed by atoms with Gasteiger partial charge in [0.1, 0.15) is 0 Å². The van der Waals surface area contributed by atoms with Crippen molar-refractivity contribution < 1.29 is 24.2 Å². The number of amides is 2. The minimum Gasteiger partial charge on any atom is -0.288 e. The average Bonchev–Trinajstić information content (AvgIpc) is 2.00. The van der Waals surface area contributed by atoms with Crippen LogP contribution in [-0.4, -0.2) is 25.1 Å². The molecule has 10 heavy (non-hydrogen) atoms. The number of hydrogen-bond acceptors (Lipinski definition) is 5. The maximum atomic E-state index is 10.3. The highest BCUT2D eigenvalue weighted by Crippen LogP contribution is 1.83. The van der Waals surface area contributed by atoms with E-state index in [1.54, 1.807) is 0 Å². The van der Waals surface area contributed by atoms with E-state index in [9.17, 15) is 13.8 Å². The fourth-order valence-corrected chi connectivity index (χ4v) is 0.501. The third-order valence-electron chi connectivity index (χ3n) is 0.519. The van der Waals surface area contributed by atoms with Crippen molar-refractivity contribution in [2.24, 2.45) is 0 Å². The average molecular weight is 168 g/mol. The van der Waals surface area contributed by atoms with E-state index in [4.69, 9.17) is 10.4 Å². The molecule has 0 heterocycles. The Bertz CT molecular complexity index is 160. The zero-order valence-electron chi connectivity index (χ0n) is 4.53. The first-order valence-electron chi connectivity index (χ1n) is 1.93. The Hall–Kier alpha value is -0.990. The molecular weight excluding hydrogens is 164 g/mol. The van der Waals surface area contributed by atoms with Crippen LogP contribution in [0.5, 0.6) is 0 Å². The second kappa shape index (κ2) is 3.93. The number of carbonyl (C=O) groups is 2. The summed E-state index contributed by atoms with van der Waals surface area (Å²) in [6.45, 7) is 0. The topological polar surface area (TPSA) is 116 Å². The lowest BCUT2D eigenvalue weighted by Crippen LogP contribution is -2.32. The van der Waals surface area contributed by atoms with Crippen molar-refractivity contribution in [3.05, 3.63) is 0 Å². The molecule has 0 bridgehead atoms. The van der Waals surface area contributed by atoms with Gasteiger partial charge in [-0.15, -0.1) is 0 Å². The summed E-state index contributed by atoms with van der Waals surface area (Å²) in [5.41, 5.74) is 1.94. The van der Waals surface area contributed by atoms with Gasteiger partial charge in [0.15, 0.2) is 0 Å². The quantitative estimate of drug-likeness (QED) is 0.271. The van der Waals surface area contributed by atoms with Gasteiger partial charge in [0.25, 0.3) is 0 Å². The van der Waals surface area contributed by atoms with E-state index in [1.165, 1.54) is 0 Å². The molecular formula is C2H4N2O5S. The van der Waals surface area contributed by atoms with Crippen LogP contribution >= 0.6 is 0 Å². The fraction of sp³-hybridized carbons (Fsp3) is 0. The van der Waals surface area contributed by atoms with Crippen molar-refractivity contribution in [1.82, 2.24) is 11.0 Å². The van der Waals surface area contributed by atoms with Crippen LogP contribution in [0.25, 0.3) is 0 Å². The molecule has 58 valence electrons. The van der Waals surface area contributed by atoms with E-state index >= 15 is 0 Å². The Morgan fingerprint density at radius 1 is 1.10 bits per heavy atom. The molecule has 0 fully saturated rings. The van der Waals surface area contributed by atoms with E-state index in [-0.39, 0.29) is 0 Å². The molecule has 0 aliphatic rings. The van der Waals surface area contributed by atoms with Crippen LogP contribution in [0.15, 0.2) is 0 Å². The van der Waals surface area contributed by atoms with Crippen molar-refractivity contribution in [3.8, 4) is 0 Å². The first kappa shape index (κ1) is 9.01. The van der Waals surface area contributed by atoms with Crippen molar-refractivity contribution in [2.75, 3.05) is 0 Å². The van der Waals surface area contributed by atoms with E-state index in [0.717, 1.165) is 11.0 Å². The van der Waals surface area contributed by atoms with E-state index in [2.05, 4.69) is 0 Å². The summed E-state index contributed by atoms with van der Waals surface area (Å²) < 4.78 is 10.3. The minimum absolute atomic E-state index is 0.969. The van der Waals surface area contributed by atoms with Crippen LogP contribution in [0.3, 0.4) is 0 Å². The van der Waals surface area contributed by atoms with Crippen LogP contribution in [0, 0.1) is 0 Å². The van der Waals surface area contributed by atoms with Gasteiger partial charge in [-0.1, -0.05) is 0 Å². The normalized spacial score (nSPS) is 9.10. The molecule has 0 aliphatic heterocycles. The molecule has 0 atom stereocenters. The van der Waals surface area contributed by atoms with Gasteiger partial charge in [-0.2, -0.15) is 0 Å². The molecule has 0 aliphatic carbocycles. The highest BCUT2D eigenvalue weighted by atomic mass is 32.2. The monoisotopic (exact) mass is 168 g/mol. The molecule has 0 aromatic rings. The Morgan fingerprint density at radius 2 is 1.40 bits per heavy atom. The summed E-state index contributed by atoms with van der Waals surface area (Å²) in [5.74, 6) is 0. The summed E-state index contributed by atoms with van der Waals surface area (Å²) in [5, 5.41) is 12.8. The largest absolute Gasteiger partial charge is 0.342 e. The number of nitrogens with one attached hydrogen (secondary N) is 2. The Morgan fingerprint density at radius 3 is 1.60 bits per heavy atom. The van der Waals surface area contributed by atoms with Crippen molar-refractivity contribution in [1.29, 1.82) is 0 Å². The van der Waals surface area contributed by atoms with Crippen LogP contribution in [0.2, 0.25) is 0 Å². The van der Waals surface area contributed by atoms with Gasteiger partial charge in [0, 0.05) is 0 Å². The molecule has 0 unspecified atom stereocenters. The Kier molecular flexibility index (Phi) is 3.54. The lowest BCUT2D eigenvalue weighted by molar-refractivity contribution is 0.175. The highest BCUT2D eigenvalue weighted by molar-refractivity contribution is 8.13. The van der Waals surface area contributed by atoms with Gasteiger partial charge < -0.3 is 0 Å². The summed E-state index contributed by atoms with van der Waals surface area (Å²) >= 11 is 0. The predicted octanol–water partition coefficient (Wildman–Crippen LogP) is -1.07. The van der Waals surface area contributed by atoms with Gasteiger partial charge in [0.2, 0.25) is 10.8 Å². The number of hydrogen-bond donors (Lipinski definition) is 4. The number of carbonyl (C=O) groups excluding carboxylic acids is 2. The summed E-state index contributed by atoms with van der Waals surface area (Å²) in [4.78, 5) is 20.2. The zero-order valence-corrected chi connectivity index (χ0v) is 5.34. The molecule has 4 N–H and O–H groups in total. The second-order valence-corrected chi connectivity index (χ2v) is 2.35. The van der Waals surface area contributed by atoms with Gasteiger partial charge in [-0.05, 0) is 0 Å². The van der Waals surface area contributed by atoms with Gasteiger partial charge in [-0.25, -0.2) is 15.2 Å². The standard InChI is InChI=1S/C2H4N2O5S/c5-1(3-7)10(9)2(6)4-8/h7-8H,(H,3,5)(H,4,6). The summed E-state index contributed by atoms with van der Waals surface area (Å²) in [7, 11) is -2.61. The first-order chi connectivity index (χ1) is 4.63. The van der Waals surface area contributed by atoms with Crippen LogP contribution in [0.1, 0.15) is 0 Å². The SMILES string of the molecule is O=C(NO)S(=O)C(=O)NO. The molecule has 0 radical (unpaired) electrons. The smallest absolute Gasteiger partial charge is 0.288 e. The number of rotatable bonds is 0. The molecule has 0 spiro atoms.